The SMILES string of the molecule is C=C/C1=C2/N=C(C=CN2C)C(=C)NCCNCCCc2cc1cc(F)c2F. The molecule has 1 aromatic rings. The normalized spacial score (nSPS) is 21.1. The molecule has 6 heteroatoms. The summed E-state index contributed by atoms with van der Waals surface area (Å²) in [6, 6.07) is 2.89. The third kappa shape index (κ3) is 4.17. The number of fused-ring (bicyclic) bond motifs is 3. The van der Waals surface area contributed by atoms with Gasteiger partial charge in [0.05, 0.1) is 11.4 Å². The molecule has 0 spiro atoms. The van der Waals surface area contributed by atoms with Crippen LogP contribution < -0.4 is 10.6 Å². The fourth-order valence-corrected chi connectivity index (χ4v) is 3.14. The third-order valence-corrected chi connectivity index (χ3v) is 4.63. The number of nitrogens with one attached hydrogen (secondary N) is 2. The van der Waals surface area contributed by atoms with Crippen molar-refractivity contribution >= 4 is 11.3 Å². The van der Waals surface area contributed by atoms with Crippen molar-refractivity contribution in [2.45, 2.75) is 12.8 Å². The number of nitrogens with zero attached hydrogens (tertiary/aromatic N) is 2. The van der Waals surface area contributed by atoms with Crippen LogP contribution in [0.5, 0.6) is 0 Å². The van der Waals surface area contributed by atoms with Gasteiger partial charge in [0.2, 0.25) is 0 Å². The van der Waals surface area contributed by atoms with Gasteiger partial charge in [-0.25, -0.2) is 13.8 Å². The van der Waals surface area contributed by atoms with Crippen LogP contribution in [0, 0.1) is 11.6 Å². The van der Waals surface area contributed by atoms with Crippen molar-refractivity contribution in [2.75, 3.05) is 26.7 Å². The zero-order valence-electron chi connectivity index (χ0n) is 15.5. The highest BCUT2D eigenvalue weighted by Gasteiger charge is 2.18. The maximum atomic E-state index is 14.3. The Balaban J connectivity index is 2.15. The van der Waals surface area contributed by atoms with Crippen LogP contribution in [-0.2, 0) is 6.42 Å². The van der Waals surface area contributed by atoms with Crippen LogP contribution in [0.4, 0.5) is 8.78 Å². The lowest BCUT2D eigenvalue weighted by atomic mass is 9.99. The number of aryl methyl sites for hydroxylation is 1. The summed E-state index contributed by atoms with van der Waals surface area (Å²) < 4.78 is 28.5. The molecule has 2 aliphatic heterocycles. The third-order valence-electron chi connectivity index (χ3n) is 4.63. The molecule has 0 aliphatic carbocycles. The Morgan fingerprint density at radius 2 is 2.04 bits per heavy atom. The quantitative estimate of drug-likeness (QED) is 0.796. The van der Waals surface area contributed by atoms with E-state index in [9.17, 15) is 8.78 Å². The minimum Gasteiger partial charge on any atom is -0.383 e. The molecule has 2 heterocycles. The highest BCUT2D eigenvalue weighted by molar-refractivity contribution is 6.09. The van der Waals surface area contributed by atoms with Crippen LogP contribution in [0.3, 0.4) is 0 Å². The molecule has 27 heavy (non-hydrogen) atoms. The van der Waals surface area contributed by atoms with Gasteiger partial charge in [0.1, 0.15) is 5.82 Å². The number of allylic oxidation sites excluding steroid dienone is 3. The number of hydrogen-bond acceptors (Lipinski definition) is 4. The predicted molar refractivity (Wildman–Crippen MR) is 106 cm³/mol. The minimum absolute atomic E-state index is 0.363. The molecule has 0 atom stereocenters. The van der Waals surface area contributed by atoms with Crippen LogP contribution in [0.1, 0.15) is 17.5 Å². The van der Waals surface area contributed by atoms with Crippen LogP contribution in [0.25, 0.3) is 5.57 Å². The van der Waals surface area contributed by atoms with Crippen LogP contribution in [-0.4, -0.2) is 37.3 Å². The topological polar surface area (TPSA) is 39.7 Å². The molecule has 2 aliphatic rings. The molecule has 0 unspecified atom stereocenters. The summed E-state index contributed by atoms with van der Waals surface area (Å²) in [4.78, 5) is 6.51. The average Bonchev–Trinajstić information content (AvgIpc) is 2.65. The van der Waals surface area contributed by atoms with Crippen LogP contribution in [0.15, 0.2) is 60.2 Å². The zero-order valence-corrected chi connectivity index (χ0v) is 15.5. The first-order chi connectivity index (χ1) is 13.0. The van der Waals surface area contributed by atoms with Gasteiger partial charge in [-0.3, -0.25) is 0 Å². The first kappa shape index (κ1) is 19.0. The Bertz CT molecular complexity index is 852. The van der Waals surface area contributed by atoms with Crippen molar-refractivity contribution in [1.82, 2.24) is 15.5 Å². The number of rotatable bonds is 1. The van der Waals surface area contributed by atoms with E-state index in [1.807, 2.05) is 24.2 Å². The monoisotopic (exact) mass is 370 g/mol. The molecule has 0 radical (unpaired) electrons. The molecular weight excluding hydrogens is 346 g/mol. The van der Waals surface area contributed by atoms with E-state index in [1.54, 1.807) is 12.1 Å². The summed E-state index contributed by atoms with van der Waals surface area (Å²) in [7, 11) is 1.85. The fourth-order valence-electron chi connectivity index (χ4n) is 3.14. The fraction of sp³-hybridized carbons (Fsp3) is 0.286. The van der Waals surface area contributed by atoms with Gasteiger partial charge in [0.25, 0.3) is 0 Å². The Morgan fingerprint density at radius 1 is 1.22 bits per heavy atom. The van der Waals surface area contributed by atoms with Gasteiger partial charge in [0, 0.05) is 31.9 Å². The largest absolute Gasteiger partial charge is 0.383 e. The highest BCUT2D eigenvalue weighted by Crippen LogP contribution is 2.28. The summed E-state index contributed by atoms with van der Waals surface area (Å²) in [6.07, 6.45) is 6.52. The molecule has 3 rings (SSSR count). The lowest BCUT2D eigenvalue weighted by Gasteiger charge is -2.24. The second kappa shape index (κ2) is 8.31. The predicted octanol–water partition coefficient (Wildman–Crippen LogP) is 3.36. The van der Waals surface area contributed by atoms with Gasteiger partial charge in [0.15, 0.2) is 11.6 Å². The van der Waals surface area contributed by atoms with Crippen molar-refractivity contribution in [3.05, 3.63) is 77.9 Å². The van der Waals surface area contributed by atoms with E-state index in [2.05, 4.69) is 28.8 Å². The number of halogens is 2. The van der Waals surface area contributed by atoms with E-state index in [-0.39, 0.29) is 0 Å². The Kier molecular flexibility index (Phi) is 5.86. The van der Waals surface area contributed by atoms with Crippen LogP contribution in [0.2, 0.25) is 0 Å². The summed E-state index contributed by atoms with van der Waals surface area (Å²) in [5.41, 5.74) is 2.96. The van der Waals surface area contributed by atoms with Crippen molar-refractivity contribution in [2.24, 2.45) is 4.99 Å². The van der Waals surface area contributed by atoms with Gasteiger partial charge in [-0.15, -0.1) is 0 Å². The smallest absolute Gasteiger partial charge is 0.162 e. The van der Waals surface area contributed by atoms with E-state index in [4.69, 9.17) is 0 Å². The molecule has 142 valence electrons. The molecule has 4 bridgehead atoms. The second-order valence-electron chi connectivity index (χ2n) is 6.56. The number of benzene rings is 1. The first-order valence-electron chi connectivity index (χ1n) is 9.00. The molecule has 0 aromatic heterocycles. The Labute approximate surface area is 158 Å². The molecule has 0 fully saturated rings. The van der Waals surface area contributed by atoms with E-state index in [0.717, 1.165) is 13.1 Å². The van der Waals surface area contributed by atoms with Gasteiger partial charge in [-0.2, -0.15) is 0 Å². The molecule has 0 saturated heterocycles. The Hall–Kier alpha value is -2.73. The van der Waals surface area contributed by atoms with Gasteiger partial charge >= 0.3 is 0 Å². The van der Waals surface area contributed by atoms with Crippen molar-refractivity contribution in [1.29, 1.82) is 0 Å². The summed E-state index contributed by atoms with van der Waals surface area (Å²) in [5, 5.41) is 6.54. The molecule has 2 N–H and O–H groups in total. The van der Waals surface area contributed by atoms with Gasteiger partial charge in [-0.05, 0) is 48.7 Å². The van der Waals surface area contributed by atoms with Gasteiger partial charge < -0.3 is 15.5 Å². The molecule has 1 aromatic carbocycles. The lowest BCUT2D eigenvalue weighted by Crippen LogP contribution is -2.30. The standard InChI is InChI=1S/C21H24F2N4/c1-4-17-16-12-15(20(23)18(22)13-16)6-5-8-24-9-10-25-14(2)19-7-11-27(3)21(17)26-19/h4,7,11-13,24-25H,1-2,5-6,8-10H2,3H3/b21-17+. The number of aliphatic imine (C=N–C) groups is 1. The average molecular weight is 370 g/mol. The van der Waals surface area contributed by atoms with E-state index >= 15 is 0 Å². The molecular formula is C21H24F2N4. The van der Waals surface area contributed by atoms with Crippen molar-refractivity contribution < 1.29 is 8.78 Å². The minimum atomic E-state index is -0.857. The second-order valence-corrected chi connectivity index (χ2v) is 6.56. The Morgan fingerprint density at radius 3 is 2.81 bits per heavy atom. The number of hydrogen-bond donors (Lipinski definition) is 2. The first-order valence-corrected chi connectivity index (χ1v) is 9.00. The molecule has 0 saturated carbocycles. The molecule has 4 nitrogen and oxygen atoms in total. The summed E-state index contributed by atoms with van der Waals surface area (Å²) >= 11 is 0. The summed E-state index contributed by atoms with van der Waals surface area (Å²) in [5.74, 6) is -1.04. The lowest BCUT2D eigenvalue weighted by molar-refractivity contribution is 0.495. The zero-order chi connectivity index (χ0) is 19.4. The van der Waals surface area contributed by atoms with Crippen LogP contribution >= 0.6 is 0 Å². The highest BCUT2D eigenvalue weighted by atomic mass is 19.2. The maximum absolute atomic E-state index is 14.3. The van der Waals surface area contributed by atoms with E-state index in [1.165, 1.54) is 6.07 Å². The van der Waals surface area contributed by atoms with Gasteiger partial charge in [-0.1, -0.05) is 19.2 Å². The molecule has 0 amide bonds. The van der Waals surface area contributed by atoms with Crippen molar-refractivity contribution in [3.63, 3.8) is 0 Å². The van der Waals surface area contributed by atoms with E-state index in [0.29, 0.717) is 53.3 Å². The maximum Gasteiger partial charge on any atom is 0.162 e. The van der Waals surface area contributed by atoms with E-state index < -0.39 is 11.6 Å². The van der Waals surface area contributed by atoms with Crippen molar-refractivity contribution in [3.8, 4) is 0 Å². The summed E-state index contributed by atoms with van der Waals surface area (Å²) in [6.45, 7) is 10.1.